The molecule has 1 fully saturated rings. The van der Waals surface area contributed by atoms with E-state index >= 15 is 0 Å². The van der Waals surface area contributed by atoms with Crippen molar-refractivity contribution in [3.05, 3.63) is 29.8 Å². The SMILES string of the molecule is CS(=O)c1ccc(CNC(=O)CC2(O)CCCCC2)cc1. The number of amides is 1. The van der Waals surface area contributed by atoms with Crippen molar-refractivity contribution in [1.29, 1.82) is 0 Å². The third kappa shape index (κ3) is 4.93. The molecular formula is C16H23NO3S. The Bertz CT molecular complexity index is 507. The number of nitrogens with one attached hydrogen (secondary N) is 1. The Morgan fingerprint density at radius 3 is 2.43 bits per heavy atom. The smallest absolute Gasteiger partial charge is 0.223 e. The van der Waals surface area contributed by atoms with Crippen LogP contribution in [0.25, 0.3) is 0 Å². The fourth-order valence-electron chi connectivity index (χ4n) is 2.75. The molecule has 2 N–H and O–H groups in total. The summed E-state index contributed by atoms with van der Waals surface area (Å²) in [5, 5.41) is 13.2. The van der Waals surface area contributed by atoms with E-state index < -0.39 is 16.4 Å². The maximum atomic E-state index is 11.9. The van der Waals surface area contributed by atoms with Crippen LogP contribution in [0.5, 0.6) is 0 Å². The summed E-state index contributed by atoms with van der Waals surface area (Å²) in [5.41, 5.74) is 0.152. The van der Waals surface area contributed by atoms with Crippen LogP contribution in [0.2, 0.25) is 0 Å². The third-order valence-electron chi connectivity index (χ3n) is 4.02. The molecule has 21 heavy (non-hydrogen) atoms. The van der Waals surface area contributed by atoms with Gasteiger partial charge >= 0.3 is 0 Å². The molecule has 0 saturated heterocycles. The number of rotatable bonds is 5. The second kappa shape index (κ2) is 7.18. The maximum Gasteiger partial charge on any atom is 0.223 e. The summed E-state index contributed by atoms with van der Waals surface area (Å²) in [6.07, 6.45) is 6.41. The van der Waals surface area contributed by atoms with Crippen LogP contribution in [0.3, 0.4) is 0 Å². The summed E-state index contributed by atoms with van der Waals surface area (Å²) in [5.74, 6) is -0.109. The van der Waals surface area contributed by atoms with Gasteiger partial charge in [0, 0.05) is 28.5 Å². The van der Waals surface area contributed by atoms with Crippen molar-refractivity contribution in [2.45, 2.75) is 55.6 Å². The summed E-state index contributed by atoms with van der Waals surface area (Å²) < 4.78 is 11.3. The molecule has 0 spiro atoms. The lowest BCUT2D eigenvalue weighted by Crippen LogP contribution is -2.38. The van der Waals surface area contributed by atoms with Crippen LogP contribution in [0.1, 0.15) is 44.1 Å². The van der Waals surface area contributed by atoms with E-state index in [4.69, 9.17) is 0 Å². The summed E-state index contributed by atoms with van der Waals surface area (Å²) in [6, 6.07) is 7.36. The first-order valence-electron chi connectivity index (χ1n) is 7.40. The van der Waals surface area contributed by atoms with Gasteiger partial charge in [-0.3, -0.25) is 9.00 Å². The van der Waals surface area contributed by atoms with Crippen LogP contribution in [-0.4, -0.2) is 27.1 Å². The van der Waals surface area contributed by atoms with Crippen LogP contribution < -0.4 is 5.32 Å². The van der Waals surface area contributed by atoms with Crippen LogP contribution in [0, 0.1) is 0 Å². The molecule has 1 aromatic rings. The number of aliphatic hydroxyl groups is 1. The average Bonchev–Trinajstić information content (AvgIpc) is 2.46. The zero-order chi connectivity index (χ0) is 15.3. The number of carbonyl (C=O) groups is 1. The molecule has 1 saturated carbocycles. The molecule has 0 radical (unpaired) electrons. The van der Waals surface area contributed by atoms with Crippen LogP contribution in [0.4, 0.5) is 0 Å². The quantitative estimate of drug-likeness (QED) is 0.875. The van der Waals surface area contributed by atoms with Crippen molar-refractivity contribution >= 4 is 16.7 Å². The minimum atomic E-state index is -0.981. The topological polar surface area (TPSA) is 66.4 Å². The molecule has 1 aliphatic rings. The van der Waals surface area contributed by atoms with Gasteiger partial charge in [0.2, 0.25) is 5.91 Å². The molecule has 0 bridgehead atoms. The van der Waals surface area contributed by atoms with Crippen molar-refractivity contribution in [1.82, 2.24) is 5.32 Å². The monoisotopic (exact) mass is 309 g/mol. The van der Waals surface area contributed by atoms with Crippen molar-refractivity contribution in [3.63, 3.8) is 0 Å². The minimum absolute atomic E-state index is 0.109. The molecule has 5 heteroatoms. The Morgan fingerprint density at radius 1 is 1.24 bits per heavy atom. The number of hydrogen-bond donors (Lipinski definition) is 2. The fraction of sp³-hybridized carbons (Fsp3) is 0.562. The van der Waals surface area contributed by atoms with E-state index in [1.807, 2.05) is 24.3 Å². The highest BCUT2D eigenvalue weighted by molar-refractivity contribution is 7.84. The Kier molecular flexibility index (Phi) is 5.53. The van der Waals surface area contributed by atoms with Crippen LogP contribution in [0.15, 0.2) is 29.2 Å². The average molecular weight is 309 g/mol. The Balaban J connectivity index is 1.82. The van der Waals surface area contributed by atoms with Gasteiger partial charge in [-0.2, -0.15) is 0 Å². The second-order valence-electron chi connectivity index (χ2n) is 5.84. The molecule has 116 valence electrons. The first kappa shape index (κ1) is 16.2. The number of benzene rings is 1. The van der Waals surface area contributed by atoms with Crippen molar-refractivity contribution in [3.8, 4) is 0 Å². The molecule has 0 aromatic heterocycles. The predicted molar refractivity (Wildman–Crippen MR) is 83.3 cm³/mol. The van der Waals surface area contributed by atoms with E-state index in [1.165, 1.54) is 0 Å². The largest absolute Gasteiger partial charge is 0.389 e. The highest BCUT2D eigenvalue weighted by Gasteiger charge is 2.31. The zero-order valence-corrected chi connectivity index (χ0v) is 13.2. The predicted octanol–water partition coefficient (Wildman–Crippen LogP) is 2.13. The molecule has 1 atom stereocenters. The first-order valence-corrected chi connectivity index (χ1v) is 8.96. The van der Waals surface area contributed by atoms with Gasteiger partial charge in [-0.25, -0.2) is 0 Å². The number of hydrogen-bond acceptors (Lipinski definition) is 3. The van der Waals surface area contributed by atoms with Crippen LogP contribution in [-0.2, 0) is 22.1 Å². The molecule has 1 aromatic carbocycles. The standard InChI is InChI=1S/C16H23NO3S/c1-21(20)14-7-5-13(6-8-14)12-17-15(18)11-16(19)9-3-2-4-10-16/h5-8,19H,2-4,9-12H2,1H3,(H,17,18). The molecule has 0 aliphatic heterocycles. The lowest BCUT2D eigenvalue weighted by atomic mass is 9.82. The van der Waals surface area contributed by atoms with Gasteiger partial charge in [0.15, 0.2) is 0 Å². The fourth-order valence-corrected chi connectivity index (χ4v) is 3.27. The summed E-state index contributed by atoms with van der Waals surface area (Å²) in [6.45, 7) is 0.436. The van der Waals surface area contributed by atoms with Gasteiger partial charge in [-0.15, -0.1) is 0 Å². The molecule has 1 aliphatic carbocycles. The number of carbonyl (C=O) groups excluding carboxylic acids is 1. The highest BCUT2D eigenvalue weighted by atomic mass is 32.2. The van der Waals surface area contributed by atoms with Gasteiger partial charge < -0.3 is 10.4 Å². The van der Waals surface area contributed by atoms with Crippen molar-refractivity contribution in [2.24, 2.45) is 0 Å². The Hall–Kier alpha value is -1.20. The third-order valence-corrected chi connectivity index (χ3v) is 4.95. The maximum absolute atomic E-state index is 11.9. The van der Waals surface area contributed by atoms with Gasteiger partial charge in [0.05, 0.1) is 12.0 Å². The van der Waals surface area contributed by atoms with Crippen molar-refractivity contribution < 1.29 is 14.1 Å². The molecule has 2 rings (SSSR count). The molecular weight excluding hydrogens is 286 g/mol. The normalized spacial score (nSPS) is 19.0. The molecule has 1 amide bonds. The molecule has 1 unspecified atom stereocenters. The van der Waals surface area contributed by atoms with Gasteiger partial charge in [0.25, 0.3) is 0 Å². The summed E-state index contributed by atoms with van der Waals surface area (Å²) >= 11 is 0. The van der Waals surface area contributed by atoms with E-state index in [1.54, 1.807) is 6.26 Å². The van der Waals surface area contributed by atoms with Gasteiger partial charge in [-0.05, 0) is 30.5 Å². The van der Waals surface area contributed by atoms with E-state index in [9.17, 15) is 14.1 Å². The van der Waals surface area contributed by atoms with Crippen LogP contribution >= 0.6 is 0 Å². The zero-order valence-electron chi connectivity index (χ0n) is 12.4. The Labute approximate surface area is 128 Å². The summed E-state index contributed by atoms with van der Waals surface area (Å²) in [7, 11) is -0.981. The first-order chi connectivity index (χ1) is 9.98. The molecule has 0 heterocycles. The van der Waals surface area contributed by atoms with E-state index in [-0.39, 0.29) is 12.3 Å². The lowest BCUT2D eigenvalue weighted by Gasteiger charge is -2.31. The van der Waals surface area contributed by atoms with E-state index in [2.05, 4.69) is 5.32 Å². The lowest BCUT2D eigenvalue weighted by molar-refractivity contribution is -0.127. The highest BCUT2D eigenvalue weighted by Crippen LogP contribution is 2.30. The van der Waals surface area contributed by atoms with E-state index in [0.717, 1.165) is 42.6 Å². The minimum Gasteiger partial charge on any atom is -0.389 e. The van der Waals surface area contributed by atoms with Gasteiger partial charge in [-0.1, -0.05) is 31.4 Å². The van der Waals surface area contributed by atoms with Crippen molar-refractivity contribution in [2.75, 3.05) is 6.26 Å². The van der Waals surface area contributed by atoms with Gasteiger partial charge in [0.1, 0.15) is 0 Å². The van der Waals surface area contributed by atoms with E-state index in [0.29, 0.717) is 6.54 Å². The molecule has 4 nitrogen and oxygen atoms in total. The second-order valence-corrected chi connectivity index (χ2v) is 7.22. The Morgan fingerprint density at radius 2 is 1.86 bits per heavy atom. The summed E-state index contributed by atoms with van der Waals surface area (Å²) in [4.78, 5) is 12.7.